The normalized spacial score (nSPS) is 10.9. The van der Waals surface area contributed by atoms with Crippen LogP contribution in [-0.4, -0.2) is 21.0 Å². The lowest BCUT2D eigenvalue weighted by Gasteiger charge is -2.08. The first-order valence-electron chi connectivity index (χ1n) is 9.09. The molecule has 0 aliphatic carbocycles. The quantitative estimate of drug-likeness (QED) is 0.411. The number of thiocarbonyl (C=S) groups is 1. The topological polar surface area (TPSA) is 93.2 Å². The van der Waals surface area contributed by atoms with E-state index in [1.165, 1.54) is 0 Å². The van der Waals surface area contributed by atoms with Crippen LogP contribution in [0.4, 0.5) is 5.69 Å². The first kappa shape index (κ1) is 18.0. The van der Waals surface area contributed by atoms with Gasteiger partial charge in [0.1, 0.15) is 5.58 Å². The predicted molar refractivity (Wildman–Crippen MR) is 117 cm³/mol. The van der Waals surface area contributed by atoms with Crippen molar-refractivity contribution in [3.8, 4) is 11.5 Å². The molecule has 0 atom stereocenters. The zero-order valence-corrected chi connectivity index (χ0v) is 16.3. The van der Waals surface area contributed by atoms with Gasteiger partial charge in [0.25, 0.3) is 5.91 Å². The van der Waals surface area contributed by atoms with Gasteiger partial charge < -0.3 is 14.2 Å². The summed E-state index contributed by atoms with van der Waals surface area (Å²) in [6.07, 6.45) is 1.67. The highest BCUT2D eigenvalue weighted by Gasteiger charge is 2.14. The molecule has 0 unspecified atom stereocenters. The Balaban J connectivity index is 1.26. The lowest BCUT2D eigenvalue weighted by molar-refractivity contribution is 0.0953. The number of hydrogen-bond donors (Lipinski definition) is 2. The number of fused-ring (bicyclic) bond motifs is 2. The zero-order chi connectivity index (χ0) is 20.5. The average molecular weight is 414 g/mol. The molecule has 5 rings (SSSR count). The second-order valence-corrected chi connectivity index (χ2v) is 6.89. The predicted octanol–water partition coefficient (Wildman–Crippen LogP) is 4.76. The van der Waals surface area contributed by atoms with E-state index in [4.69, 9.17) is 21.1 Å². The number of aromatic nitrogens is 2. The van der Waals surface area contributed by atoms with E-state index in [0.29, 0.717) is 28.4 Å². The van der Waals surface area contributed by atoms with Crippen molar-refractivity contribution >= 4 is 51.1 Å². The Kier molecular flexibility index (Phi) is 4.45. The summed E-state index contributed by atoms with van der Waals surface area (Å²) < 4.78 is 11.3. The largest absolute Gasteiger partial charge is 0.451 e. The highest BCUT2D eigenvalue weighted by Crippen LogP contribution is 2.24. The lowest BCUT2D eigenvalue weighted by Crippen LogP contribution is -2.33. The molecule has 5 aromatic rings. The maximum absolute atomic E-state index is 12.4. The van der Waals surface area contributed by atoms with Crippen molar-refractivity contribution in [1.29, 1.82) is 0 Å². The van der Waals surface area contributed by atoms with Crippen molar-refractivity contribution in [3.63, 3.8) is 0 Å². The van der Waals surface area contributed by atoms with E-state index < -0.39 is 5.91 Å². The van der Waals surface area contributed by atoms with Crippen LogP contribution in [0.1, 0.15) is 10.6 Å². The molecule has 1 amide bonds. The molecular weight excluding hydrogens is 400 g/mol. The SMILES string of the molecule is O=C(NC(=S)Nc1ccc(-c2nc3ncccc3o2)cc1)c1cc2ccccc2o1. The van der Waals surface area contributed by atoms with Crippen molar-refractivity contribution < 1.29 is 13.6 Å². The summed E-state index contributed by atoms with van der Waals surface area (Å²) in [7, 11) is 0. The summed E-state index contributed by atoms with van der Waals surface area (Å²) in [5.74, 6) is 0.260. The second kappa shape index (κ2) is 7.41. The number of carbonyl (C=O) groups excluding carboxylic acids is 1. The molecule has 0 bridgehead atoms. The Hall–Kier alpha value is -4.04. The summed E-state index contributed by atoms with van der Waals surface area (Å²) in [4.78, 5) is 20.9. The standard InChI is InChI=1S/C22H14N4O3S/c27-20(18-12-14-4-1-2-5-16(14)28-18)26-22(30)24-15-9-7-13(8-10-15)21-25-19-17(29-21)6-3-11-23-19/h1-12H,(H2,24,26,27,30). The molecule has 2 N–H and O–H groups in total. The molecule has 2 aromatic carbocycles. The van der Waals surface area contributed by atoms with E-state index in [0.717, 1.165) is 10.9 Å². The number of oxazole rings is 1. The van der Waals surface area contributed by atoms with Gasteiger partial charge in [-0.1, -0.05) is 18.2 Å². The molecule has 3 aromatic heterocycles. The molecule has 0 aliphatic heterocycles. The first-order chi connectivity index (χ1) is 14.7. The third kappa shape index (κ3) is 3.51. The van der Waals surface area contributed by atoms with Gasteiger partial charge in [-0.3, -0.25) is 10.1 Å². The number of benzene rings is 2. The van der Waals surface area contributed by atoms with Crippen molar-refractivity contribution in [3.05, 3.63) is 78.7 Å². The first-order valence-corrected chi connectivity index (χ1v) is 9.49. The molecule has 146 valence electrons. The van der Waals surface area contributed by atoms with Gasteiger partial charge in [0.2, 0.25) is 5.89 Å². The van der Waals surface area contributed by atoms with Gasteiger partial charge in [0, 0.05) is 22.8 Å². The van der Waals surface area contributed by atoms with Crippen molar-refractivity contribution in [2.24, 2.45) is 0 Å². The van der Waals surface area contributed by atoms with Gasteiger partial charge in [-0.15, -0.1) is 0 Å². The molecule has 0 spiro atoms. The van der Waals surface area contributed by atoms with E-state index in [1.807, 2.05) is 48.5 Å². The van der Waals surface area contributed by atoms with Crippen LogP contribution >= 0.6 is 12.2 Å². The molecule has 0 aliphatic rings. The van der Waals surface area contributed by atoms with Gasteiger partial charge in [-0.2, -0.15) is 4.98 Å². The average Bonchev–Trinajstić information content (AvgIpc) is 3.38. The highest BCUT2D eigenvalue weighted by molar-refractivity contribution is 7.80. The van der Waals surface area contributed by atoms with E-state index >= 15 is 0 Å². The molecule has 0 saturated heterocycles. The minimum atomic E-state index is -0.417. The minimum absolute atomic E-state index is 0.166. The maximum Gasteiger partial charge on any atom is 0.293 e. The van der Waals surface area contributed by atoms with Gasteiger partial charge in [0.05, 0.1) is 0 Å². The molecular formula is C22H14N4O3S. The van der Waals surface area contributed by atoms with Crippen LogP contribution in [0.15, 0.2) is 81.8 Å². The Labute approximate surface area is 175 Å². The van der Waals surface area contributed by atoms with Crippen LogP contribution in [0.25, 0.3) is 33.7 Å². The number of pyridine rings is 1. The molecule has 8 heteroatoms. The van der Waals surface area contributed by atoms with Gasteiger partial charge in [0.15, 0.2) is 22.1 Å². The molecule has 7 nitrogen and oxygen atoms in total. The number of nitrogens with one attached hydrogen (secondary N) is 2. The number of nitrogens with zero attached hydrogens (tertiary/aromatic N) is 2. The van der Waals surface area contributed by atoms with E-state index in [2.05, 4.69) is 20.6 Å². The molecule has 3 heterocycles. The number of amides is 1. The number of carbonyl (C=O) groups is 1. The third-order valence-corrected chi connectivity index (χ3v) is 4.64. The smallest absolute Gasteiger partial charge is 0.293 e. The number of para-hydroxylation sites is 1. The van der Waals surface area contributed by atoms with E-state index in [1.54, 1.807) is 24.4 Å². The molecule has 0 fully saturated rings. The number of rotatable bonds is 3. The number of hydrogen-bond acceptors (Lipinski definition) is 6. The summed E-state index contributed by atoms with van der Waals surface area (Å²) >= 11 is 5.24. The second-order valence-electron chi connectivity index (χ2n) is 6.48. The fourth-order valence-corrected chi connectivity index (χ4v) is 3.22. The van der Waals surface area contributed by atoms with Gasteiger partial charge >= 0.3 is 0 Å². The Bertz CT molecular complexity index is 1320. The fourth-order valence-electron chi connectivity index (χ4n) is 3.01. The van der Waals surface area contributed by atoms with Gasteiger partial charge in [-0.25, -0.2) is 4.98 Å². The van der Waals surface area contributed by atoms with Crippen LogP contribution < -0.4 is 10.6 Å². The van der Waals surface area contributed by atoms with Crippen LogP contribution in [0.5, 0.6) is 0 Å². The molecule has 0 radical (unpaired) electrons. The van der Waals surface area contributed by atoms with Crippen molar-refractivity contribution in [1.82, 2.24) is 15.3 Å². The summed E-state index contributed by atoms with van der Waals surface area (Å²) in [6.45, 7) is 0. The van der Waals surface area contributed by atoms with Crippen molar-refractivity contribution in [2.75, 3.05) is 5.32 Å². The minimum Gasteiger partial charge on any atom is -0.451 e. The molecule has 0 saturated carbocycles. The Morgan fingerprint density at radius 2 is 1.73 bits per heavy atom. The van der Waals surface area contributed by atoms with Crippen molar-refractivity contribution in [2.45, 2.75) is 0 Å². The Morgan fingerprint density at radius 3 is 2.53 bits per heavy atom. The lowest BCUT2D eigenvalue weighted by atomic mass is 10.2. The summed E-state index contributed by atoms with van der Waals surface area (Å²) in [5.41, 5.74) is 3.35. The van der Waals surface area contributed by atoms with Gasteiger partial charge in [-0.05, 0) is 60.7 Å². The zero-order valence-electron chi connectivity index (χ0n) is 15.5. The highest BCUT2D eigenvalue weighted by atomic mass is 32.1. The maximum atomic E-state index is 12.4. The summed E-state index contributed by atoms with van der Waals surface area (Å²) in [5, 5.41) is 6.61. The molecule has 30 heavy (non-hydrogen) atoms. The number of anilines is 1. The summed E-state index contributed by atoms with van der Waals surface area (Å²) in [6, 6.07) is 20.0. The van der Waals surface area contributed by atoms with Crippen LogP contribution in [-0.2, 0) is 0 Å². The van der Waals surface area contributed by atoms with Crippen LogP contribution in [0.3, 0.4) is 0 Å². The van der Waals surface area contributed by atoms with E-state index in [-0.39, 0.29) is 10.9 Å². The third-order valence-electron chi connectivity index (χ3n) is 4.43. The van der Waals surface area contributed by atoms with Crippen LogP contribution in [0.2, 0.25) is 0 Å². The Morgan fingerprint density at radius 1 is 0.933 bits per heavy atom. The fraction of sp³-hybridized carbons (Fsp3) is 0. The van der Waals surface area contributed by atoms with E-state index in [9.17, 15) is 4.79 Å². The van der Waals surface area contributed by atoms with Crippen LogP contribution in [0, 0.1) is 0 Å². The monoisotopic (exact) mass is 414 g/mol. The number of furan rings is 1.